The number of methoxy groups -OCH3 is 3. The van der Waals surface area contributed by atoms with E-state index in [-0.39, 0.29) is 0 Å². The molecule has 1 aliphatic heterocycles. The van der Waals surface area contributed by atoms with E-state index in [0.717, 1.165) is 66.5 Å². The molecule has 0 N–H and O–H groups in total. The van der Waals surface area contributed by atoms with Gasteiger partial charge in [-0.3, -0.25) is 14.8 Å². The van der Waals surface area contributed by atoms with Crippen LogP contribution in [0.3, 0.4) is 0 Å². The van der Waals surface area contributed by atoms with Crippen LogP contribution in [-0.2, 0) is 13.1 Å². The minimum atomic E-state index is 0.644. The average molecular weight is 442 g/mol. The van der Waals surface area contributed by atoms with Crippen molar-refractivity contribution in [2.45, 2.75) is 13.1 Å². The smallest absolute Gasteiger partial charge is 0.203 e. The van der Waals surface area contributed by atoms with Gasteiger partial charge < -0.3 is 14.2 Å². The Balaban J connectivity index is 1.39. The van der Waals surface area contributed by atoms with E-state index >= 15 is 0 Å². The summed E-state index contributed by atoms with van der Waals surface area (Å²) in [7, 11) is 4.94. The van der Waals surface area contributed by atoms with Gasteiger partial charge in [0.25, 0.3) is 0 Å². The van der Waals surface area contributed by atoms with Gasteiger partial charge in [-0.2, -0.15) is 0 Å². The highest BCUT2D eigenvalue weighted by atomic mass is 35.5. The molecule has 31 heavy (non-hydrogen) atoms. The number of rotatable bonds is 7. The van der Waals surface area contributed by atoms with E-state index < -0.39 is 0 Å². The minimum Gasteiger partial charge on any atom is -0.493 e. The Labute approximate surface area is 188 Å². The number of aromatic nitrogens is 1. The molecule has 0 saturated carbocycles. The molecular formula is C24H28ClN3O3. The van der Waals surface area contributed by atoms with Crippen molar-refractivity contribution in [1.29, 1.82) is 0 Å². The molecule has 0 aliphatic carbocycles. The van der Waals surface area contributed by atoms with Gasteiger partial charge in [-0.25, -0.2) is 0 Å². The summed E-state index contributed by atoms with van der Waals surface area (Å²) in [5.41, 5.74) is 3.30. The molecule has 7 heteroatoms. The van der Waals surface area contributed by atoms with E-state index in [1.807, 2.05) is 12.1 Å². The summed E-state index contributed by atoms with van der Waals surface area (Å²) in [6.45, 7) is 5.73. The van der Waals surface area contributed by atoms with Crippen LogP contribution in [0.15, 0.2) is 42.6 Å². The monoisotopic (exact) mass is 441 g/mol. The normalized spacial score (nSPS) is 15.2. The molecule has 1 saturated heterocycles. The third-order valence-corrected chi connectivity index (χ3v) is 6.13. The summed E-state index contributed by atoms with van der Waals surface area (Å²) in [6.07, 6.45) is 1.75. The quantitative estimate of drug-likeness (QED) is 0.546. The predicted octanol–water partition coefficient (Wildman–Crippen LogP) is 4.23. The van der Waals surface area contributed by atoms with Gasteiger partial charge in [0, 0.05) is 56.4 Å². The molecule has 0 atom stereocenters. The van der Waals surface area contributed by atoms with Crippen LogP contribution in [0, 0.1) is 0 Å². The Morgan fingerprint density at radius 3 is 2.23 bits per heavy atom. The first-order valence-corrected chi connectivity index (χ1v) is 10.8. The van der Waals surface area contributed by atoms with Gasteiger partial charge in [0.15, 0.2) is 11.5 Å². The first-order chi connectivity index (χ1) is 15.1. The molecule has 1 aliphatic rings. The summed E-state index contributed by atoms with van der Waals surface area (Å²) in [6, 6.07) is 12.2. The lowest BCUT2D eigenvalue weighted by atomic mass is 10.1. The molecule has 1 fully saturated rings. The molecule has 0 bridgehead atoms. The van der Waals surface area contributed by atoms with Gasteiger partial charge in [0.05, 0.1) is 31.9 Å². The van der Waals surface area contributed by atoms with Gasteiger partial charge >= 0.3 is 0 Å². The van der Waals surface area contributed by atoms with Crippen LogP contribution in [0.4, 0.5) is 0 Å². The number of benzene rings is 2. The number of halogens is 1. The van der Waals surface area contributed by atoms with Gasteiger partial charge in [0.2, 0.25) is 5.75 Å². The van der Waals surface area contributed by atoms with E-state index in [4.69, 9.17) is 25.8 Å². The molecule has 4 rings (SSSR count). The Bertz CT molecular complexity index is 1050. The first kappa shape index (κ1) is 21.7. The molecule has 3 aromatic rings. The molecule has 164 valence electrons. The third-order valence-electron chi connectivity index (χ3n) is 5.80. The molecule has 0 amide bonds. The van der Waals surface area contributed by atoms with E-state index in [1.54, 1.807) is 27.5 Å². The van der Waals surface area contributed by atoms with Crippen molar-refractivity contribution < 1.29 is 14.2 Å². The zero-order valence-corrected chi connectivity index (χ0v) is 19.0. The number of piperazine rings is 1. The Hall–Kier alpha value is -2.54. The number of hydrogen-bond acceptors (Lipinski definition) is 6. The molecule has 0 radical (unpaired) electrons. The highest BCUT2D eigenvalue weighted by Crippen LogP contribution is 2.40. The Morgan fingerprint density at radius 2 is 1.55 bits per heavy atom. The second-order valence-electron chi connectivity index (χ2n) is 7.69. The number of pyridine rings is 1. The van der Waals surface area contributed by atoms with Crippen molar-refractivity contribution >= 4 is 22.5 Å². The molecule has 6 nitrogen and oxygen atoms in total. The summed E-state index contributed by atoms with van der Waals surface area (Å²) < 4.78 is 16.5. The van der Waals surface area contributed by atoms with Crippen molar-refractivity contribution in [3.05, 3.63) is 58.7 Å². The Morgan fingerprint density at radius 1 is 0.839 bits per heavy atom. The van der Waals surface area contributed by atoms with Crippen LogP contribution in [-0.4, -0.2) is 62.3 Å². The largest absolute Gasteiger partial charge is 0.493 e. The van der Waals surface area contributed by atoms with Crippen LogP contribution in [0.2, 0.25) is 5.02 Å². The zero-order chi connectivity index (χ0) is 21.8. The van der Waals surface area contributed by atoms with Crippen molar-refractivity contribution in [3.63, 3.8) is 0 Å². The topological polar surface area (TPSA) is 47.1 Å². The molecule has 2 heterocycles. The van der Waals surface area contributed by atoms with E-state index in [1.165, 1.54) is 5.56 Å². The maximum Gasteiger partial charge on any atom is 0.203 e. The lowest BCUT2D eigenvalue weighted by Gasteiger charge is -2.35. The van der Waals surface area contributed by atoms with Crippen LogP contribution in [0.5, 0.6) is 17.2 Å². The highest BCUT2D eigenvalue weighted by molar-refractivity contribution is 6.35. The predicted molar refractivity (Wildman–Crippen MR) is 123 cm³/mol. The van der Waals surface area contributed by atoms with Crippen molar-refractivity contribution in [1.82, 2.24) is 14.8 Å². The molecule has 1 aromatic heterocycles. The molecule has 0 spiro atoms. The van der Waals surface area contributed by atoms with E-state index in [9.17, 15) is 0 Å². The number of fused-ring (bicyclic) bond motifs is 1. The lowest BCUT2D eigenvalue weighted by molar-refractivity contribution is 0.121. The second kappa shape index (κ2) is 9.73. The number of ether oxygens (including phenoxy) is 3. The lowest BCUT2D eigenvalue weighted by Crippen LogP contribution is -2.45. The minimum absolute atomic E-state index is 0.644. The van der Waals surface area contributed by atoms with Crippen LogP contribution in [0.1, 0.15) is 11.1 Å². The fourth-order valence-corrected chi connectivity index (χ4v) is 4.36. The van der Waals surface area contributed by atoms with Gasteiger partial charge in [-0.15, -0.1) is 0 Å². The zero-order valence-electron chi connectivity index (χ0n) is 18.2. The van der Waals surface area contributed by atoms with Crippen LogP contribution < -0.4 is 14.2 Å². The fourth-order valence-electron chi connectivity index (χ4n) is 4.15. The third kappa shape index (κ3) is 4.71. The van der Waals surface area contributed by atoms with Crippen LogP contribution in [0.25, 0.3) is 10.9 Å². The number of hydrogen-bond donors (Lipinski definition) is 0. The van der Waals surface area contributed by atoms with Gasteiger partial charge in [-0.1, -0.05) is 23.7 Å². The standard InChI is InChI=1S/C24H28ClN3O3/c1-29-22-7-5-18(23(30-2)24(22)31-3)16-28-12-10-27(11-13-28)15-17-4-6-21-19(14-17)20(25)8-9-26-21/h4-9,14H,10-13,15-16H2,1-3H3. The van der Waals surface area contributed by atoms with Gasteiger partial charge in [0.1, 0.15) is 0 Å². The van der Waals surface area contributed by atoms with E-state index in [2.05, 4.69) is 39.0 Å². The fraction of sp³-hybridized carbons (Fsp3) is 0.375. The van der Waals surface area contributed by atoms with Gasteiger partial charge in [-0.05, 0) is 29.8 Å². The summed E-state index contributed by atoms with van der Waals surface area (Å²) in [5, 5.41) is 1.77. The van der Waals surface area contributed by atoms with Crippen molar-refractivity contribution in [3.8, 4) is 17.2 Å². The molecular weight excluding hydrogens is 414 g/mol. The summed E-state index contributed by atoms with van der Waals surface area (Å²) in [5.74, 6) is 2.06. The van der Waals surface area contributed by atoms with E-state index in [0.29, 0.717) is 11.5 Å². The molecule has 2 aromatic carbocycles. The maximum atomic E-state index is 6.35. The van der Waals surface area contributed by atoms with Crippen LogP contribution >= 0.6 is 11.6 Å². The second-order valence-corrected chi connectivity index (χ2v) is 8.10. The SMILES string of the molecule is COc1ccc(CN2CCN(Cc3ccc4nccc(Cl)c4c3)CC2)c(OC)c1OC. The maximum absolute atomic E-state index is 6.35. The molecule has 0 unspecified atom stereocenters. The van der Waals surface area contributed by atoms with Crippen molar-refractivity contribution in [2.24, 2.45) is 0 Å². The summed E-state index contributed by atoms with van der Waals surface area (Å²) in [4.78, 5) is 9.31. The number of nitrogens with zero attached hydrogens (tertiary/aromatic N) is 3. The summed E-state index contributed by atoms with van der Waals surface area (Å²) >= 11 is 6.35. The Kier molecular flexibility index (Phi) is 6.80. The highest BCUT2D eigenvalue weighted by Gasteiger charge is 2.21. The first-order valence-electron chi connectivity index (χ1n) is 10.4. The van der Waals surface area contributed by atoms with Crippen molar-refractivity contribution in [2.75, 3.05) is 47.5 Å². The average Bonchev–Trinajstić information content (AvgIpc) is 2.80.